The van der Waals surface area contributed by atoms with E-state index in [1.807, 2.05) is 12.1 Å². The van der Waals surface area contributed by atoms with Gasteiger partial charge in [0.25, 0.3) is 0 Å². The Morgan fingerprint density at radius 2 is 1.07 bits per heavy atom. The van der Waals surface area contributed by atoms with Gasteiger partial charge in [0, 0.05) is 0 Å². The summed E-state index contributed by atoms with van der Waals surface area (Å²) in [5.74, 6) is -0.980. The fraction of sp³-hybridized carbons (Fsp3) is 0.773. The SMILES string of the molecule is CCCCCCCCOc1nc(OCCCCCCCC)nc(C(C#N)C#N)n1. The zero-order chi connectivity index (χ0) is 21.2. The van der Waals surface area contributed by atoms with E-state index >= 15 is 0 Å². The third kappa shape index (κ3) is 11.2. The van der Waals surface area contributed by atoms with Gasteiger partial charge in [0.15, 0.2) is 11.7 Å². The van der Waals surface area contributed by atoms with E-state index in [0.29, 0.717) is 13.2 Å². The molecule has 0 radical (unpaired) electrons. The maximum Gasteiger partial charge on any atom is 0.322 e. The summed E-state index contributed by atoms with van der Waals surface area (Å²) in [6.07, 6.45) is 13.9. The molecular weight excluding hydrogens is 366 g/mol. The first-order chi connectivity index (χ1) is 14.2. The molecule has 0 saturated heterocycles. The summed E-state index contributed by atoms with van der Waals surface area (Å²) in [6.45, 7) is 5.39. The number of aromatic nitrogens is 3. The van der Waals surface area contributed by atoms with Gasteiger partial charge in [-0.25, -0.2) is 0 Å². The van der Waals surface area contributed by atoms with Crippen LogP contribution < -0.4 is 9.47 Å². The summed E-state index contributed by atoms with van der Waals surface area (Å²) in [5.41, 5.74) is 0. The lowest BCUT2D eigenvalue weighted by atomic mass is 10.1. The molecule has 0 aliphatic carbocycles. The molecule has 1 aromatic heterocycles. The van der Waals surface area contributed by atoms with E-state index in [2.05, 4.69) is 28.8 Å². The van der Waals surface area contributed by atoms with Crippen molar-refractivity contribution in [3.05, 3.63) is 5.82 Å². The Hall–Kier alpha value is -2.41. The van der Waals surface area contributed by atoms with Crippen molar-refractivity contribution >= 4 is 0 Å². The van der Waals surface area contributed by atoms with Crippen LogP contribution in [0, 0.1) is 22.7 Å². The van der Waals surface area contributed by atoms with E-state index in [4.69, 9.17) is 20.0 Å². The molecule has 0 atom stereocenters. The van der Waals surface area contributed by atoms with Gasteiger partial charge in [-0.2, -0.15) is 20.5 Å². The van der Waals surface area contributed by atoms with E-state index in [0.717, 1.165) is 25.7 Å². The van der Waals surface area contributed by atoms with Gasteiger partial charge in [0.1, 0.15) is 0 Å². The van der Waals surface area contributed by atoms with Gasteiger partial charge in [0.05, 0.1) is 25.4 Å². The third-order valence-corrected chi connectivity index (χ3v) is 4.59. The standard InChI is InChI=1S/C22H35N5O2/c1-3-5-7-9-11-13-15-28-21-25-20(19(17-23)18-24)26-22(27-21)29-16-14-12-10-8-6-4-2/h19H,3-16H2,1-2H3. The lowest BCUT2D eigenvalue weighted by Crippen LogP contribution is -2.10. The number of hydrogen-bond acceptors (Lipinski definition) is 7. The molecule has 0 aromatic carbocycles. The number of ether oxygens (including phenoxy) is 2. The number of rotatable bonds is 17. The predicted octanol–water partition coefficient (Wildman–Crippen LogP) is 5.48. The molecule has 29 heavy (non-hydrogen) atoms. The molecule has 0 aliphatic rings. The molecule has 1 aromatic rings. The minimum absolute atomic E-state index is 0.0842. The molecule has 0 amide bonds. The summed E-state index contributed by atoms with van der Waals surface area (Å²) in [7, 11) is 0. The maximum atomic E-state index is 9.14. The van der Waals surface area contributed by atoms with Crippen LogP contribution in [-0.2, 0) is 0 Å². The quantitative estimate of drug-likeness (QED) is 0.318. The van der Waals surface area contributed by atoms with Gasteiger partial charge in [-0.3, -0.25) is 0 Å². The van der Waals surface area contributed by atoms with Crippen LogP contribution in [0.1, 0.15) is 103 Å². The van der Waals surface area contributed by atoms with Crippen molar-refractivity contribution in [2.24, 2.45) is 0 Å². The molecule has 7 heteroatoms. The molecule has 0 aliphatic heterocycles. The van der Waals surface area contributed by atoms with Crippen molar-refractivity contribution in [2.45, 2.75) is 96.8 Å². The zero-order valence-electron chi connectivity index (χ0n) is 18.0. The smallest absolute Gasteiger partial charge is 0.322 e. The summed E-state index contributed by atoms with van der Waals surface area (Å²) in [4.78, 5) is 12.5. The zero-order valence-corrected chi connectivity index (χ0v) is 18.0. The number of nitrogens with zero attached hydrogens (tertiary/aromatic N) is 5. The summed E-state index contributed by atoms with van der Waals surface area (Å²) in [6, 6.07) is 4.02. The Morgan fingerprint density at radius 3 is 1.48 bits per heavy atom. The molecule has 0 fully saturated rings. The molecule has 1 heterocycles. The second kappa shape index (κ2) is 16.5. The van der Waals surface area contributed by atoms with Crippen LogP contribution in [0.2, 0.25) is 0 Å². The van der Waals surface area contributed by atoms with E-state index in [1.165, 1.54) is 51.4 Å². The predicted molar refractivity (Wildman–Crippen MR) is 112 cm³/mol. The first-order valence-electron chi connectivity index (χ1n) is 11.1. The molecule has 0 bridgehead atoms. The lowest BCUT2D eigenvalue weighted by Gasteiger charge is -2.09. The van der Waals surface area contributed by atoms with E-state index in [-0.39, 0.29) is 17.8 Å². The molecule has 0 N–H and O–H groups in total. The highest BCUT2D eigenvalue weighted by Crippen LogP contribution is 2.17. The van der Waals surface area contributed by atoms with Crippen LogP contribution in [0.15, 0.2) is 0 Å². The average molecular weight is 402 g/mol. The van der Waals surface area contributed by atoms with Gasteiger partial charge < -0.3 is 9.47 Å². The average Bonchev–Trinajstić information content (AvgIpc) is 2.73. The van der Waals surface area contributed by atoms with Crippen LogP contribution in [0.3, 0.4) is 0 Å². The Balaban J connectivity index is 2.54. The molecule has 1 rings (SSSR count). The molecule has 7 nitrogen and oxygen atoms in total. The van der Waals surface area contributed by atoms with Crippen molar-refractivity contribution in [2.75, 3.05) is 13.2 Å². The van der Waals surface area contributed by atoms with E-state index in [1.54, 1.807) is 0 Å². The lowest BCUT2D eigenvalue weighted by molar-refractivity contribution is 0.250. The van der Waals surface area contributed by atoms with Crippen LogP contribution in [-0.4, -0.2) is 28.2 Å². The van der Waals surface area contributed by atoms with Gasteiger partial charge in [0.2, 0.25) is 0 Å². The Kier molecular flexibility index (Phi) is 14.0. The molecule has 0 unspecified atom stereocenters. The van der Waals surface area contributed by atoms with E-state index in [9.17, 15) is 0 Å². The highest BCUT2D eigenvalue weighted by atomic mass is 16.5. The van der Waals surface area contributed by atoms with Crippen molar-refractivity contribution in [3.63, 3.8) is 0 Å². The molecule has 160 valence electrons. The van der Waals surface area contributed by atoms with Crippen LogP contribution >= 0.6 is 0 Å². The monoisotopic (exact) mass is 401 g/mol. The Bertz CT molecular complexity index is 589. The molecule has 0 spiro atoms. The fourth-order valence-corrected chi connectivity index (χ4v) is 2.85. The highest BCUT2D eigenvalue weighted by molar-refractivity contribution is 5.21. The fourth-order valence-electron chi connectivity index (χ4n) is 2.85. The van der Waals surface area contributed by atoms with Crippen molar-refractivity contribution in [3.8, 4) is 24.2 Å². The summed E-state index contributed by atoms with van der Waals surface area (Å²) >= 11 is 0. The second-order valence-corrected chi connectivity index (χ2v) is 7.18. The topological polar surface area (TPSA) is 105 Å². The normalized spacial score (nSPS) is 10.5. The summed E-state index contributed by atoms with van der Waals surface area (Å²) < 4.78 is 11.3. The minimum atomic E-state index is -1.06. The van der Waals surface area contributed by atoms with Crippen LogP contribution in [0.4, 0.5) is 0 Å². The largest absolute Gasteiger partial charge is 0.463 e. The number of nitriles is 2. The van der Waals surface area contributed by atoms with Crippen molar-refractivity contribution in [1.29, 1.82) is 10.5 Å². The highest BCUT2D eigenvalue weighted by Gasteiger charge is 2.17. The van der Waals surface area contributed by atoms with Crippen LogP contribution in [0.5, 0.6) is 12.0 Å². The summed E-state index contributed by atoms with van der Waals surface area (Å²) in [5, 5.41) is 18.3. The first-order valence-corrected chi connectivity index (χ1v) is 11.1. The second-order valence-electron chi connectivity index (χ2n) is 7.18. The van der Waals surface area contributed by atoms with Crippen LogP contribution in [0.25, 0.3) is 0 Å². The van der Waals surface area contributed by atoms with Crippen molar-refractivity contribution in [1.82, 2.24) is 15.0 Å². The number of hydrogen-bond donors (Lipinski definition) is 0. The van der Waals surface area contributed by atoms with Crippen molar-refractivity contribution < 1.29 is 9.47 Å². The van der Waals surface area contributed by atoms with Gasteiger partial charge >= 0.3 is 12.0 Å². The Morgan fingerprint density at radius 1 is 0.655 bits per heavy atom. The maximum absolute atomic E-state index is 9.14. The Labute approximate surface area is 175 Å². The third-order valence-electron chi connectivity index (χ3n) is 4.59. The van der Waals surface area contributed by atoms with E-state index < -0.39 is 5.92 Å². The van der Waals surface area contributed by atoms with Gasteiger partial charge in [-0.05, 0) is 12.8 Å². The first kappa shape index (κ1) is 24.6. The number of unbranched alkanes of at least 4 members (excludes halogenated alkanes) is 10. The molecule has 0 saturated carbocycles. The molecular formula is C22H35N5O2. The van der Waals surface area contributed by atoms with Gasteiger partial charge in [-0.1, -0.05) is 78.1 Å². The van der Waals surface area contributed by atoms with Gasteiger partial charge in [-0.15, -0.1) is 4.98 Å². The minimum Gasteiger partial charge on any atom is -0.463 e.